The predicted molar refractivity (Wildman–Crippen MR) is 93.7 cm³/mol. The Balaban J connectivity index is 0.000000231. The van der Waals surface area contributed by atoms with Crippen LogP contribution in [0.2, 0.25) is 0 Å². The number of aromatic hydroxyl groups is 1. The summed E-state index contributed by atoms with van der Waals surface area (Å²) in [5, 5.41) is 18.4. The van der Waals surface area contributed by atoms with Crippen LogP contribution in [0.5, 0.6) is 5.75 Å². The minimum Gasteiger partial charge on any atom is -0.507 e. The molecule has 23 heavy (non-hydrogen) atoms. The number of hydrogen-bond donors (Lipinski definition) is 3. The fraction of sp³-hybridized carbons (Fsp3) is 0.632. The van der Waals surface area contributed by atoms with Gasteiger partial charge in [0.15, 0.2) is 0 Å². The van der Waals surface area contributed by atoms with Crippen LogP contribution in [0, 0.1) is 18.8 Å². The number of aryl methyl sites for hydroxylation is 1. The second-order valence-corrected chi connectivity index (χ2v) is 7.51. The zero-order valence-electron chi connectivity index (χ0n) is 14.8. The molecule has 1 fully saturated rings. The Kier molecular flexibility index (Phi) is 7.07. The van der Waals surface area contributed by atoms with Crippen molar-refractivity contribution in [1.82, 2.24) is 0 Å². The van der Waals surface area contributed by atoms with E-state index >= 15 is 0 Å². The number of nitrogens with two attached hydrogens (primary N) is 1. The number of hydrogen-bond acceptors (Lipinski definition) is 3. The lowest BCUT2D eigenvalue weighted by molar-refractivity contribution is -0.143. The number of carboxylic acid groups (broad SMARTS) is 1. The summed E-state index contributed by atoms with van der Waals surface area (Å²) in [5.74, 6) is 0.272. The lowest BCUT2D eigenvalue weighted by atomic mass is 9.82. The molecule has 0 saturated heterocycles. The van der Waals surface area contributed by atoms with Crippen molar-refractivity contribution in [2.24, 2.45) is 17.6 Å². The molecule has 0 heterocycles. The van der Waals surface area contributed by atoms with Crippen LogP contribution in [-0.2, 0) is 10.2 Å². The van der Waals surface area contributed by atoms with Crippen molar-refractivity contribution in [2.45, 2.75) is 58.8 Å². The van der Waals surface area contributed by atoms with Gasteiger partial charge in [0.2, 0.25) is 0 Å². The maximum atomic E-state index is 10.5. The van der Waals surface area contributed by atoms with E-state index in [2.05, 4.69) is 20.8 Å². The number of phenolic OH excluding ortho intramolecular Hbond substituents is 1. The second-order valence-electron chi connectivity index (χ2n) is 7.51. The quantitative estimate of drug-likeness (QED) is 0.773. The first-order chi connectivity index (χ1) is 10.7. The molecule has 4 nitrogen and oxygen atoms in total. The molecule has 1 aromatic carbocycles. The Bertz CT molecular complexity index is 512. The van der Waals surface area contributed by atoms with Gasteiger partial charge in [-0.3, -0.25) is 4.79 Å². The minimum absolute atomic E-state index is 0.0239. The van der Waals surface area contributed by atoms with Gasteiger partial charge in [-0.05, 0) is 61.6 Å². The summed E-state index contributed by atoms with van der Waals surface area (Å²) < 4.78 is 0. The van der Waals surface area contributed by atoms with Crippen LogP contribution >= 0.6 is 0 Å². The third-order valence-electron chi connectivity index (χ3n) is 4.58. The van der Waals surface area contributed by atoms with Crippen molar-refractivity contribution in [3.05, 3.63) is 29.3 Å². The van der Waals surface area contributed by atoms with Crippen molar-refractivity contribution < 1.29 is 15.0 Å². The average molecular weight is 321 g/mol. The predicted octanol–water partition coefficient (Wildman–Crippen LogP) is 3.83. The largest absolute Gasteiger partial charge is 0.507 e. The lowest BCUT2D eigenvalue weighted by Gasteiger charge is -2.24. The molecule has 0 bridgehead atoms. The first-order valence-corrected chi connectivity index (χ1v) is 8.38. The molecule has 0 aromatic heterocycles. The van der Waals surface area contributed by atoms with Gasteiger partial charge in [0.25, 0.3) is 0 Å². The first kappa shape index (κ1) is 19.5. The molecule has 4 N–H and O–H groups in total. The van der Waals surface area contributed by atoms with E-state index in [9.17, 15) is 9.90 Å². The summed E-state index contributed by atoms with van der Waals surface area (Å²) in [4.78, 5) is 10.5. The number of carboxylic acids is 1. The van der Waals surface area contributed by atoms with Gasteiger partial charge in [-0.15, -0.1) is 0 Å². The Morgan fingerprint density at radius 1 is 1.22 bits per heavy atom. The Hall–Kier alpha value is -1.55. The second kappa shape index (κ2) is 8.34. The van der Waals surface area contributed by atoms with Gasteiger partial charge in [0.1, 0.15) is 5.75 Å². The van der Waals surface area contributed by atoms with E-state index in [4.69, 9.17) is 10.8 Å². The molecule has 0 atom stereocenters. The normalized spacial score (nSPS) is 21.3. The number of phenols is 1. The molecule has 0 unspecified atom stereocenters. The molecule has 4 heteroatoms. The van der Waals surface area contributed by atoms with Crippen LogP contribution in [0.1, 0.15) is 57.6 Å². The van der Waals surface area contributed by atoms with Gasteiger partial charge in [-0.1, -0.05) is 39.0 Å². The number of benzene rings is 1. The molecule has 1 aliphatic carbocycles. The van der Waals surface area contributed by atoms with Gasteiger partial charge in [0.05, 0.1) is 5.92 Å². The van der Waals surface area contributed by atoms with Crippen LogP contribution < -0.4 is 5.73 Å². The van der Waals surface area contributed by atoms with Gasteiger partial charge in [0, 0.05) is 0 Å². The summed E-state index contributed by atoms with van der Waals surface area (Å²) in [6.45, 7) is 8.93. The van der Waals surface area contributed by atoms with Crippen molar-refractivity contribution in [3.8, 4) is 5.75 Å². The van der Waals surface area contributed by atoms with E-state index in [0.29, 0.717) is 18.2 Å². The summed E-state index contributed by atoms with van der Waals surface area (Å²) in [5.41, 5.74) is 7.46. The van der Waals surface area contributed by atoms with Gasteiger partial charge < -0.3 is 15.9 Å². The van der Waals surface area contributed by atoms with Crippen LogP contribution in [0.25, 0.3) is 0 Å². The SMILES string of the molecule is Cc1cccc(C(C)(C)C)c1O.NCC1CCC(C(=O)O)CC1. The average Bonchev–Trinajstić information content (AvgIpc) is 2.49. The molecule has 1 saturated carbocycles. The van der Waals surface area contributed by atoms with Crippen LogP contribution in [0.4, 0.5) is 0 Å². The molecule has 0 spiro atoms. The molecule has 130 valence electrons. The first-order valence-electron chi connectivity index (χ1n) is 8.38. The molecule has 0 aliphatic heterocycles. The molecular weight excluding hydrogens is 290 g/mol. The van der Waals surface area contributed by atoms with Crippen LogP contribution in [0.15, 0.2) is 18.2 Å². The topological polar surface area (TPSA) is 83.5 Å². The third kappa shape index (κ3) is 5.87. The number of para-hydroxylation sites is 1. The Morgan fingerprint density at radius 3 is 2.17 bits per heavy atom. The zero-order valence-corrected chi connectivity index (χ0v) is 14.8. The zero-order chi connectivity index (χ0) is 17.6. The maximum Gasteiger partial charge on any atom is 0.306 e. The third-order valence-corrected chi connectivity index (χ3v) is 4.58. The van der Waals surface area contributed by atoms with E-state index in [0.717, 1.165) is 36.8 Å². The Morgan fingerprint density at radius 2 is 1.78 bits per heavy atom. The standard InChI is InChI=1S/C11H16O.C8H15NO2/c1-8-6-5-7-9(10(8)12)11(2,3)4;9-5-6-1-3-7(4-2-6)8(10)11/h5-7,12H,1-4H3;6-7H,1-5,9H2,(H,10,11). The monoisotopic (exact) mass is 321 g/mol. The van der Waals surface area contributed by atoms with Gasteiger partial charge in [-0.25, -0.2) is 0 Å². The number of carbonyl (C=O) groups is 1. The molecular formula is C19H31NO3. The molecule has 1 aromatic rings. The molecule has 0 radical (unpaired) electrons. The summed E-state index contributed by atoms with van der Waals surface area (Å²) in [6.07, 6.45) is 3.62. The van der Waals surface area contributed by atoms with E-state index in [1.807, 2.05) is 25.1 Å². The highest BCUT2D eigenvalue weighted by atomic mass is 16.4. The van der Waals surface area contributed by atoms with E-state index in [-0.39, 0.29) is 11.3 Å². The molecule has 2 rings (SSSR count). The van der Waals surface area contributed by atoms with Crippen molar-refractivity contribution in [1.29, 1.82) is 0 Å². The summed E-state index contributed by atoms with van der Waals surface area (Å²) >= 11 is 0. The highest BCUT2D eigenvalue weighted by Gasteiger charge is 2.24. The van der Waals surface area contributed by atoms with Crippen molar-refractivity contribution in [2.75, 3.05) is 6.54 Å². The van der Waals surface area contributed by atoms with E-state index < -0.39 is 5.97 Å². The summed E-state index contributed by atoms with van der Waals surface area (Å²) in [6, 6.07) is 5.88. The Labute approximate surface area is 139 Å². The maximum absolute atomic E-state index is 10.5. The highest BCUT2D eigenvalue weighted by molar-refractivity contribution is 5.69. The van der Waals surface area contributed by atoms with Gasteiger partial charge in [-0.2, -0.15) is 0 Å². The fourth-order valence-electron chi connectivity index (χ4n) is 2.91. The van der Waals surface area contributed by atoms with Crippen LogP contribution in [-0.4, -0.2) is 22.7 Å². The van der Waals surface area contributed by atoms with E-state index in [1.54, 1.807) is 0 Å². The smallest absolute Gasteiger partial charge is 0.306 e. The van der Waals surface area contributed by atoms with Crippen molar-refractivity contribution >= 4 is 5.97 Å². The number of rotatable bonds is 2. The summed E-state index contributed by atoms with van der Waals surface area (Å²) in [7, 11) is 0. The lowest BCUT2D eigenvalue weighted by Crippen LogP contribution is -2.25. The van der Waals surface area contributed by atoms with Gasteiger partial charge >= 0.3 is 5.97 Å². The number of aliphatic carboxylic acids is 1. The molecule has 0 amide bonds. The fourth-order valence-corrected chi connectivity index (χ4v) is 2.91. The molecule has 1 aliphatic rings. The minimum atomic E-state index is -0.638. The van der Waals surface area contributed by atoms with Crippen molar-refractivity contribution in [3.63, 3.8) is 0 Å². The highest BCUT2D eigenvalue weighted by Crippen LogP contribution is 2.32. The van der Waals surface area contributed by atoms with Crippen LogP contribution in [0.3, 0.4) is 0 Å². The van der Waals surface area contributed by atoms with E-state index in [1.165, 1.54) is 0 Å².